The molecule has 0 aliphatic rings. The Morgan fingerprint density at radius 1 is 1.11 bits per heavy atom. The lowest BCUT2D eigenvalue weighted by atomic mass is 10.00. The van der Waals surface area contributed by atoms with Crippen LogP contribution >= 0.6 is 15.9 Å². The number of aryl methyl sites for hydroxylation is 1. The van der Waals surface area contributed by atoms with Gasteiger partial charge in [-0.15, -0.1) is 0 Å². The molecular weight excluding hydrogens is 295 g/mol. The van der Waals surface area contributed by atoms with Gasteiger partial charge in [0, 0.05) is 10.0 Å². The summed E-state index contributed by atoms with van der Waals surface area (Å²) in [4.78, 5) is 0. The molecule has 18 heavy (non-hydrogen) atoms. The van der Waals surface area contributed by atoms with E-state index < -0.39 is 0 Å². The predicted octanol–water partition coefficient (Wildman–Crippen LogP) is 4.96. The highest BCUT2D eigenvalue weighted by Crippen LogP contribution is 2.34. The molecular formula is C15H14BrFO. The third-order valence-electron chi connectivity index (χ3n) is 2.72. The second kappa shape index (κ2) is 5.53. The summed E-state index contributed by atoms with van der Waals surface area (Å²) in [6, 6.07) is 10.6. The van der Waals surface area contributed by atoms with Gasteiger partial charge in [-0.25, -0.2) is 4.39 Å². The summed E-state index contributed by atoms with van der Waals surface area (Å²) in [5, 5.41) is 0. The molecule has 2 aromatic rings. The molecule has 0 spiro atoms. The third-order valence-corrected chi connectivity index (χ3v) is 3.21. The van der Waals surface area contributed by atoms with Gasteiger partial charge in [-0.2, -0.15) is 0 Å². The van der Waals surface area contributed by atoms with Gasteiger partial charge < -0.3 is 4.74 Å². The molecule has 2 rings (SSSR count). The van der Waals surface area contributed by atoms with E-state index in [0.717, 1.165) is 26.9 Å². The fraction of sp³-hybridized carbons (Fsp3) is 0.200. The molecule has 0 radical (unpaired) electrons. The molecule has 0 atom stereocenters. The van der Waals surface area contributed by atoms with Gasteiger partial charge in [-0.3, -0.25) is 0 Å². The van der Waals surface area contributed by atoms with Gasteiger partial charge in [0.15, 0.2) is 0 Å². The second-order valence-corrected chi connectivity index (χ2v) is 4.95. The Balaban J connectivity index is 2.57. The van der Waals surface area contributed by atoms with E-state index in [0.29, 0.717) is 6.61 Å². The molecule has 1 nitrogen and oxygen atoms in total. The molecule has 0 heterocycles. The zero-order valence-electron chi connectivity index (χ0n) is 10.3. The largest absolute Gasteiger partial charge is 0.493 e. The van der Waals surface area contributed by atoms with E-state index in [9.17, 15) is 4.39 Å². The van der Waals surface area contributed by atoms with E-state index in [2.05, 4.69) is 15.9 Å². The first-order valence-electron chi connectivity index (χ1n) is 5.80. The normalized spacial score (nSPS) is 10.4. The minimum Gasteiger partial charge on any atom is -0.493 e. The van der Waals surface area contributed by atoms with Crippen LogP contribution in [-0.2, 0) is 0 Å². The van der Waals surface area contributed by atoms with E-state index in [4.69, 9.17) is 4.74 Å². The lowest BCUT2D eigenvalue weighted by Crippen LogP contribution is -1.95. The monoisotopic (exact) mass is 308 g/mol. The topological polar surface area (TPSA) is 9.23 Å². The van der Waals surface area contributed by atoms with E-state index in [1.165, 1.54) is 12.1 Å². The summed E-state index contributed by atoms with van der Waals surface area (Å²) < 4.78 is 19.7. The van der Waals surface area contributed by atoms with Crippen LogP contribution in [0.1, 0.15) is 12.5 Å². The highest BCUT2D eigenvalue weighted by atomic mass is 79.9. The maximum Gasteiger partial charge on any atom is 0.127 e. The first-order chi connectivity index (χ1) is 8.61. The Hall–Kier alpha value is -1.35. The zero-order valence-corrected chi connectivity index (χ0v) is 11.9. The van der Waals surface area contributed by atoms with Crippen LogP contribution < -0.4 is 4.74 Å². The maximum atomic E-state index is 13.2. The van der Waals surface area contributed by atoms with Gasteiger partial charge in [-0.05, 0) is 55.3 Å². The van der Waals surface area contributed by atoms with E-state index in [-0.39, 0.29) is 5.82 Å². The molecule has 3 heteroatoms. The van der Waals surface area contributed by atoms with E-state index in [1.807, 2.05) is 32.0 Å². The highest BCUT2D eigenvalue weighted by molar-refractivity contribution is 9.10. The SMILES string of the molecule is CCOc1ccc(Br)cc1-c1ccc(F)cc1C. The molecule has 0 aromatic heterocycles. The molecule has 0 amide bonds. The Morgan fingerprint density at radius 2 is 1.89 bits per heavy atom. The minimum absolute atomic E-state index is 0.218. The summed E-state index contributed by atoms with van der Waals surface area (Å²) in [6.07, 6.45) is 0. The fourth-order valence-electron chi connectivity index (χ4n) is 1.92. The smallest absolute Gasteiger partial charge is 0.127 e. The third kappa shape index (κ3) is 2.72. The van der Waals surface area contributed by atoms with Crippen molar-refractivity contribution in [2.24, 2.45) is 0 Å². The van der Waals surface area contributed by atoms with Crippen LogP contribution in [-0.4, -0.2) is 6.61 Å². The van der Waals surface area contributed by atoms with Crippen LogP contribution in [0.3, 0.4) is 0 Å². The van der Waals surface area contributed by atoms with E-state index in [1.54, 1.807) is 6.07 Å². The average Bonchev–Trinajstić information content (AvgIpc) is 2.32. The first-order valence-corrected chi connectivity index (χ1v) is 6.60. The molecule has 0 N–H and O–H groups in total. The van der Waals surface area contributed by atoms with Crippen molar-refractivity contribution in [3.63, 3.8) is 0 Å². The zero-order chi connectivity index (χ0) is 13.1. The van der Waals surface area contributed by atoms with Crippen molar-refractivity contribution in [3.8, 4) is 16.9 Å². The van der Waals surface area contributed by atoms with Gasteiger partial charge in [-0.1, -0.05) is 22.0 Å². The van der Waals surface area contributed by atoms with E-state index >= 15 is 0 Å². The van der Waals surface area contributed by atoms with Crippen molar-refractivity contribution >= 4 is 15.9 Å². The summed E-state index contributed by atoms with van der Waals surface area (Å²) >= 11 is 3.45. The average molecular weight is 309 g/mol. The van der Waals surface area contributed by atoms with Gasteiger partial charge in [0.1, 0.15) is 11.6 Å². The highest BCUT2D eigenvalue weighted by Gasteiger charge is 2.10. The first kappa shape index (κ1) is 13.1. The lowest BCUT2D eigenvalue weighted by Gasteiger charge is -2.13. The Kier molecular flexibility index (Phi) is 4.02. The molecule has 0 aliphatic carbocycles. The number of ether oxygens (including phenoxy) is 1. The van der Waals surface area contributed by atoms with Crippen molar-refractivity contribution in [2.75, 3.05) is 6.61 Å². The Morgan fingerprint density at radius 3 is 2.56 bits per heavy atom. The second-order valence-electron chi connectivity index (χ2n) is 4.03. The molecule has 0 fully saturated rings. The number of halogens is 2. The summed E-state index contributed by atoms with van der Waals surface area (Å²) in [7, 11) is 0. The van der Waals surface area contributed by atoms with Crippen LogP contribution in [0.15, 0.2) is 40.9 Å². The van der Waals surface area contributed by atoms with Gasteiger partial charge >= 0.3 is 0 Å². The molecule has 94 valence electrons. The number of hydrogen-bond donors (Lipinski definition) is 0. The Labute approximate surface area is 115 Å². The molecule has 0 saturated heterocycles. The van der Waals surface area contributed by atoms with Gasteiger partial charge in [0.05, 0.1) is 6.61 Å². The molecule has 0 bridgehead atoms. The number of benzene rings is 2. The minimum atomic E-state index is -0.218. The molecule has 0 unspecified atom stereocenters. The number of rotatable bonds is 3. The van der Waals surface area contributed by atoms with Crippen LogP contribution in [0.2, 0.25) is 0 Å². The summed E-state index contributed by atoms with van der Waals surface area (Å²) in [5.74, 6) is 0.597. The van der Waals surface area contributed by atoms with Crippen molar-refractivity contribution in [1.82, 2.24) is 0 Å². The van der Waals surface area contributed by atoms with Gasteiger partial charge in [0.2, 0.25) is 0 Å². The van der Waals surface area contributed by atoms with Crippen LogP contribution in [0.4, 0.5) is 4.39 Å². The summed E-state index contributed by atoms with van der Waals surface area (Å²) in [6.45, 7) is 4.45. The standard InChI is InChI=1S/C15H14BrFO/c1-3-18-15-7-4-11(16)9-14(15)13-6-5-12(17)8-10(13)2/h4-9H,3H2,1-2H3. The number of hydrogen-bond acceptors (Lipinski definition) is 1. The van der Waals surface area contributed by atoms with Crippen LogP contribution in [0.25, 0.3) is 11.1 Å². The predicted molar refractivity (Wildman–Crippen MR) is 75.4 cm³/mol. The van der Waals surface area contributed by atoms with Crippen molar-refractivity contribution in [3.05, 3.63) is 52.3 Å². The van der Waals surface area contributed by atoms with Gasteiger partial charge in [0.25, 0.3) is 0 Å². The maximum absolute atomic E-state index is 13.2. The molecule has 0 aliphatic heterocycles. The van der Waals surface area contributed by atoms with Crippen molar-refractivity contribution in [1.29, 1.82) is 0 Å². The van der Waals surface area contributed by atoms with Crippen LogP contribution in [0.5, 0.6) is 5.75 Å². The molecule has 2 aromatic carbocycles. The molecule has 0 saturated carbocycles. The Bertz CT molecular complexity index is 566. The van der Waals surface area contributed by atoms with Crippen molar-refractivity contribution in [2.45, 2.75) is 13.8 Å². The lowest BCUT2D eigenvalue weighted by molar-refractivity contribution is 0.341. The van der Waals surface area contributed by atoms with Crippen LogP contribution in [0, 0.1) is 12.7 Å². The summed E-state index contributed by atoms with van der Waals surface area (Å²) in [5.41, 5.74) is 2.86. The fourth-order valence-corrected chi connectivity index (χ4v) is 2.28. The van der Waals surface area contributed by atoms with Crippen molar-refractivity contribution < 1.29 is 9.13 Å². The quantitative estimate of drug-likeness (QED) is 0.778.